The van der Waals surface area contributed by atoms with Gasteiger partial charge in [-0.25, -0.2) is 9.78 Å². The fourth-order valence-electron chi connectivity index (χ4n) is 5.40. The zero-order valence-corrected chi connectivity index (χ0v) is 22.1. The number of pyridine rings is 2. The number of aromatic nitrogens is 2. The number of hydrogen-bond acceptors (Lipinski definition) is 6. The van der Waals surface area contributed by atoms with Gasteiger partial charge in [-0.05, 0) is 50.0 Å². The summed E-state index contributed by atoms with van der Waals surface area (Å²) in [6, 6.07) is 15.5. The van der Waals surface area contributed by atoms with E-state index >= 15 is 0 Å². The number of carbonyl (C=O) groups is 2. The number of benzene rings is 1. The van der Waals surface area contributed by atoms with Gasteiger partial charge in [-0.1, -0.05) is 43.5 Å². The van der Waals surface area contributed by atoms with Crippen LogP contribution in [0.3, 0.4) is 0 Å². The third-order valence-electron chi connectivity index (χ3n) is 7.18. The Kier molecular flexibility index (Phi) is 6.58. The van der Waals surface area contributed by atoms with Gasteiger partial charge in [-0.3, -0.25) is 14.7 Å². The molecule has 6 rings (SSSR count). The molecule has 1 fully saturated rings. The van der Waals surface area contributed by atoms with Crippen LogP contribution in [0.4, 0.5) is 21.9 Å². The van der Waals surface area contributed by atoms with Crippen LogP contribution in [0, 0.1) is 0 Å². The average molecular weight is 537 g/mol. The molecule has 2 aliphatic rings. The zero-order chi connectivity index (χ0) is 26.9. The monoisotopic (exact) mass is 536 g/mol. The molecule has 4 aromatic rings. The molecule has 1 aromatic carbocycles. The van der Waals surface area contributed by atoms with E-state index in [0.29, 0.717) is 0 Å². The molecule has 2 unspecified atom stereocenters. The number of carbonyl (C=O) groups excluding carboxylic acids is 2. The van der Waals surface area contributed by atoms with Gasteiger partial charge in [0.25, 0.3) is 0 Å². The number of hydrogen-bond donors (Lipinski definition) is 3. The van der Waals surface area contributed by atoms with Crippen LogP contribution < -0.4 is 20.9 Å². The van der Waals surface area contributed by atoms with E-state index in [1.165, 1.54) is 17.4 Å². The lowest BCUT2D eigenvalue weighted by Crippen LogP contribution is -2.43. The molecule has 3 aromatic heterocycles. The van der Waals surface area contributed by atoms with E-state index in [2.05, 4.69) is 39.1 Å². The van der Waals surface area contributed by atoms with E-state index in [1.54, 1.807) is 17.3 Å². The third kappa shape index (κ3) is 4.77. The molecule has 196 valence electrons. The van der Waals surface area contributed by atoms with Crippen LogP contribution in [0.1, 0.15) is 30.6 Å². The summed E-state index contributed by atoms with van der Waals surface area (Å²) in [5.41, 5.74) is 4.72. The van der Waals surface area contributed by atoms with Crippen molar-refractivity contribution in [2.75, 3.05) is 10.2 Å². The van der Waals surface area contributed by atoms with E-state index in [1.807, 2.05) is 48.5 Å². The highest BCUT2D eigenvalue weighted by atomic mass is 32.1. The molecule has 1 aliphatic heterocycles. The van der Waals surface area contributed by atoms with Crippen molar-refractivity contribution in [2.45, 2.75) is 37.8 Å². The molecule has 39 heavy (non-hydrogen) atoms. The molecule has 9 heteroatoms. The number of urea groups is 1. The highest BCUT2D eigenvalue weighted by molar-refractivity contribution is 7.20. The van der Waals surface area contributed by atoms with Gasteiger partial charge in [0.15, 0.2) is 0 Å². The van der Waals surface area contributed by atoms with Crippen LogP contribution in [0.5, 0.6) is 0 Å². The van der Waals surface area contributed by atoms with Crippen molar-refractivity contribution in [1.82, 2.24) is 20.6 Å². The summed E-state index contributed by atoms with van der Waals surface area (Å²) in [4.78, 5) is 37.8. The zero-order valence-electron chi connectivity index (χ0n) is 21.3. The van der Waals surface area contributed by atoms with Gasteiger partial charge in [0, 0.05) is 35.7 Å². The standard InChI is InChI=1S/C30H28N6O2S/c1-3-25(37)34-21-11-7-10-20(16-21)33-18(2)28-27-26-24(13-15-32-29(26)39-28)36(30(38)35-27)22-12-14-31-23(17-22)19-8-5-4-6-9-19/h3-6,8-9,12-15,17,20-21,33H,1-2,7,10-11,16H2,(H,34,37)(H,35,38). The first-order valence-corrected chi connectivity index (χ1v) is 13.8. The van der Waals surface area contributed by atoms with Crippen LogP contribution in [0.25, 0.3) is 27.2 Å². The van der Waals surface area contributed by atoms with Crippen molar-refractivity contribution in [3.05, 3.63) is 85.0 Å². The lowest BCUT2D eigenvalue weighted by molar-refractivity contribution is -0.117. The Balaban J connectivity index is 1.30. The van der Waals surface area contributed by atoms with Gasteiger partial charge in [-0.2, -0.15) is 0 Å². The fraction of sp³-hybridized carbons (Fsp3) is 0.200. The molecule has 3 amide bonds. The molecule has 3 N–H and O–H groups in total. The van der Waals surface area contributed by atoms with Crippen LogP contribution >= 0.6 is 11.3 Å². The first kappa shape index (κ1) is 24.8. The van der Waals surface area contributed by atoms with E-state index < -0.39 is 0 Å². The lowest BCUT2D eigenvalue weighted by atomic mass is 9.90. The summed E-state index contributed by atoms with van der Waals surface area (Å²) in [7, 11) is 0. The Labute approximate surface area is 230 Å². The first-order chi connectivity index (χ1) is 19.0. The minimum absolute atomic E-state index is 0.0954. The van der Waals surface area contributed by atoms with Gasteiger partial charge in [0.05, 0.1) is 33.0 Å². The van der Waals surface area contributed by atoms with Gasteiger partial charge in [-0.15, -0.1) is 11.3 Å². The van der Waals surface area contributed by atoms with Gasteiger partial charge < -0.3 is 16.0 Å². The van der Waals surface area contributed by atoms with Crippen molar-refractivity contribution in [2.24, 2.45) is 0 Å². The summed E-state index contributed by atoms with van der Waals surface area (Å²) >= 11 is 1.50. The highest BCUT2D eigenvalue weighted by Crippen LogP contribution is 2.47. The molecular weight excluding hydrogens is 508 g/mol. The Morgan fingerprint density at radius 2 is 1.85 bits per heavy atom. The number of anilines is 3. The number of amides is 3. The van der Waals surface area contributed by atoms with Gasteiger partial charge >= 0.3 is 6.03 Å². The van der Waals surface area contributed by atoms with Crippen molar-refractivity contribution in [1.29, 1.82) is 0 Å². The quantitative estimate of drug-likeness (QED) is 0.244. The molecular formula is C30H28N6O2S. The smallest absolute Gasteiger partial charge is 0.331 e. The Morgan fingerprint density at radius 1 is 1.08 bits per heavy atom. The molecule has 0 radical (unpaired) electrons. The van der Waals surface area contributed by atoms with E-state index in [4.69, 9.17) is 0 Å². The van der Waals surface area contributed by atoms with Crippen molar-refractivity contribution in [3.8, 4) is 11.3 Å². The van der Waals surface area contributed by atoms with Crippen molar-refractivity contribution < 1.29 is 9.59 Å². The van der Waals surface area contributed by atoms with Crippen LogP contribution in [-0.2, 0) is 4.79 Å². The maximum Gasteiger partial charge on any atom is 0.331 e. The van der Waals surface area contributed by atoms with Crippen molar-refractivity contribution >= 4 is 56.3 Å². The minimum Gasteiger partial charge on any atom is -0.382 e. The number of nitrogens with zero attached hydrogens (tertiary/aromatic N) is 3. The molecule has 0 spiro atoms. The maximum absolute atomic E-state index is 13.6. The fourth-order valence-corrected chi connectivity index (χ4v) is 6.46. The summed E-state index contributed by atoms with van der Waals surface area (Å²) < 4.78 is 0. The minimum atomic E-state index is -0.252. The molecule has 8 nitrogen and oxygen atoms in total. The normalized spacial score (nSPS) is 18.4. The van der Waals surface area contributed by atoms with E-state index in [-0.39, 0.29) is 24.0 Å². The van der Waals surface area contributed by atoms with Crippen LogP contribution in [0.2, 0.25) is 0 Å². The molecule has 0 bridgehead atoms. The SMILES string of the molecule is C=CC(=O)NC1CCCC(NC(=C)c2sc3nccc4c3c2NC(=O)N4c2ccnc(-c3ccccc3)c2)C1. The second-order valence-corrected chi connectivity index (χ2v) is 10.7. The predicted molar refractivity (Wildman–Crippen MR) is 157 cm³/mol. The molecule has 4 heterocycles. The summed E-state index contributed by atoms with van der Waals surface area (Å²) in [6.45, 7) is 7.87. The number of rotatable bonds is 7. The first-order valence-electron chi connectivity index (χ1n) is 12.9. The molecule has 2 atom stereocenters. The number of thiophene rings is 1. The Morgan fingerprint density at radius 3 is 2.64 bits per heavy atom. The Bertz CT molecular complexity index is 1600. The van der Waals surface area contributed by atoms with E-state index in [0.717, 1.165) is 74.8 Å². The maximum atomic E-state index is 13.6. The van der Waals surface area contributed by atoms with Crippen LogP contribution in [0.15, 0.2) is 80.2 Å². The lowest BCUT2D eigenvalue weighted by Gasteiger charge is -2.32. The van der Waals surface area contributed by atoms with Gasteiger partial charge in [0.1, 0.15) is 4.83 Å². The second-order valence-electron chi connectivity index (χ2n) is 9.74. The third-order valence-corrected chi connectivity index (χ3v) is 8.33. The molecule has 1 aliphatic carbocycles. The second kappa shape index (κ2) is 10.3. The topological polar surface area (TPSA) is 99.2 Å². The summed E-state index contributed by atoms with van der Waals surface area (Å²) in [5, 5.41) is 10.6. The summed E-state index contributed by atoms with van der Waals surface area (Å²) in [5.74, 6) is -0.149. The Hall–Kier alpha value is -4.50. The summed E-state index contributed by atoms with van der Waals surface area (Å²) in [6.07, 6.45) is 8.49. The van der Waals surface area contributed by atoms with E-state index in [9.17, 15) is 9.59 Å². The largest absolute Gasteiger partial charge is 0.382 e. The van der Waals surface area contributed by atoms with Gasteiger partial charge in [0.2, 0.25) is 5.91 Å². The average Bonchev–Trinajstić information content (AvgIpc) is 3.33. The molecule has 0 saturated heterocycles. The van der Waals surface area contributed by atoms with Crippen LogP contribution in [-0.4, -0.2) is 34.0 Å². The molecule has 1 saturated carbocycles. The highest BCUT2D eigenvalue weighted by Gasteiger charge is 2.32. The number of nitrogens with one attached hydrogen (secondary N) is 3. The predicted octanol–water partition coefficient (Wildman–Crippen LogP) is 6.22. The van der Waals surface area contributed by atoms with Crippen molar-refractivity contribution in [3.63, 3.8) is 0 Å².